The molecule has 0 spiro atoms. The van der Waals surface area contributed by atoms with E-state index in [-0.39, 0.29) is 12.8 Å². The van der Waals surface area contributed by atoms with Crippen molar-refractivity contribution >= 4 is 5.91 Å². The van der Waals surface area contributed by atoms with Crippen LogP contribution in [-0.4, -0.2) is 110 Å². The first-order chi connectivity index (χ1) is 28.7. The third-order valence-corrected chi connectivity index (χ3v) is 11.4. The van der Waals surface area contributed by atoms with Crippen LogP contribution < -0.4 is 5.32 Å². The molecule has 1 rings (SSSR count). The number of unbranched alkanes of at least 4 members (excludes halogenated alkanes) is 21. The summed E-state index contributed by atoms with van der Waals surface area (Å²) in [7, 11) is 0. The minimum atomic E-state index is -1.67. The molecule has 0 saturated carbocycles. The average molecular weight is 840 g/mol. The van der Waals surface area contributed by atoms with Crippen LogP contribution >= 0.6 is 0 Å². The topological polar surface area (TPSA) is 189 Å². The molecular formula is C48H89NO10. The summed E-state index contributed by atoms with van der Waals surface area (Å²) in [6, 6.07) is -1.19. The van der Waals surface area contributed by atoms with Crippen molar-refractivity contribution in [3.05, 3.63) is 36.5 Å². The first-order valence-electron chi connectivity index (χ1n) is 23.9. The monoisotopic (exact) mass is 840 g/mol. The summed E-state index contributed by atoms with van der Waals surface area (Å²) in [4.78, 5) is 13.1. The van der Waals surface area contributed by atoms with E-state index < -0.39 is 74.2 Å². The van der Waals surface area contributed by atoms with E-state index in [4.69, 9.17) is 9.47 Å². The summed E-state index contributed by atoms with van der Waals surface area (Å²) < 4.78 is 11.1. The number of amides is 1. The van der Waals surface area contributed by atoms with E-state index in [0.29, 0.717) is 19.3 Å². The molecule has 1 saturated heterocycles. The summed E-state index contributed by atoms with van der Waals surface area (Å²) in [5, 5.41) is 75.6. The molecule has 9 atom stereocenters. The molecule has 0 aromatic rings. The second-order valence-corrected chi connectivity index (χ2v) is 16.8. The fraction of sp³-hybridized carbons (Fsp3) is 0.854. The maximum atomic E-state index is 13.1. The van der Waals surface area contributed by atoms with Crippen LogP contribution in [0.2, 0.25) is 0 Å². The summed E-state index contributed by atoms with van der Waals surface area (Å²) >= 11 is 0. The molecule has 59 heavy (non-hydrogen) atoms. The number of allylic oxidation sites excluding steroid dienone is 6. The van der Waals surface area contributed by atoms with Crippen LogP contribution in [0, 0.1) is 0 Å². The van der Waals surface area contributed by atoms with Gasteiger partial charge in [-0.1, -0.05) is 153 Å². The zero-order valence-electron chi connectivity index (χ0n) is 37.2. The Bertz CT molecular complexity index is 1050. The van der Waals surface area contributed by atoms with Crippen molar-refractivity contribution in [2.45, 2.75) is 249 Å². The fourth-order valence-corrected chi connectivity index (χ4v) is 7.39. The van der Waals surface area contributed by atoms with Crippen LogP contribution in [0.5, 0.6) is 0 Å². The van der Waals surface area contributed by atoms with Gasteiger partial charge in [-0.25, -0.2) is 0 Å². The van der Waals surface area contributed by atoms with Crippen molar-refractivity contribution in [2.24, 2.45) is 0 Å². The van der Waals surface area contributed by atoms with Gasteiger partial charge < -0.3 is 50.5 Å². The van der Waals surface area contributed by atoms with Crippen LogP contribution in [0.25, 0.3) is 0 Å². The molecule has 0 aliphatic carbocycles. The highest BCUT2D eigenvalue weighted by atomic mass is 16.7. The number of aliphatic hydroxyl groups is 7. The molecule has 1 heterocycles. The molecule has 8 N–H and O–H groups in total. The number of carbonyl (C=O) groups is 1. The minimum Gasteiger partial charge on any atom is -0.394 e. The van der Waals surface area contributed by atoms with Gasteiger partial charge in [0.1, 0.15) is 36.6 Å². The molecule has 0 bridgehead atoms. The summed E-state index contributed by atoms with van der Waals surface area (Å²) in [5.41, 5.74) is 0. The maximum absolute atomic E-state index is 13.1. The van der Waals surface area contributed by atoms with E-state index in [9.17, 15) is 40.5 Å². The standard InChI is InChI=1S/C48H89NO10/c1-3-5-7-9-11-13-15-17-18-19-20-21-22-23-24-26-28-30-32-34-36-41(52)47(57)49-39(38-58-48-46(56)45(55)44(54)42(37-50)59-48)43(53)40(51)35-33-31-29-27-25-16-14-12-10-8-6-4-2/h12,14,21-22,27,29,39-46,48,50-56H,3-11,13,15-20,23-26,28,30-38H2,1-2H3,(H,49,57)/b14-12+,22-21-,29-27+. The molecular weight excluding hydrogens is 751 g/mol. The first-order valence-corrected chi connectivity index (χ1v) is 23.9. The largest absolute Gasteiger partial charge is 0.394 e. The smallest absolute Gasteiger partial charge is 0.249 e. The van der Waals surface area contributed by atoms with Gasteiger partial charge in [-0.05, 0) is 77.0 Å². The van der Waals surface area contributed by atoms with Gasteiger partial charge in [0.25, 0.3) is 0 Å². The van der Waals surface area contributed by atoms with E-state index in [0.717, 1.165) is 57.8 Å². The van der Waals surface area contributed by atoms with E-state index in [1.807, 2.05) is 0 Å². The second kappa shape index (κ2) is 38.0. The van der Waals surface area contributed by atoms with Gasteiger partial charge in [-0.15, -0.1) is 0 Å². The molecule has 1 fully saturated rings. The molecule has 11 nitrogen and oxygen atoms in total. The van der Waals surface area contributed by atoms with E-state index in [2.05, 4.69) is 55.6 Å². The van der Waals surface area contributed by atoms with Crippen LogP contribution in [-0.2, 0) is 14.3 Å². The Kier molecular flexibility index (Phi) is 35.7. The van der Waals surface area contributed by atoms with Crippen LogP contribution in [0.1, 0.15) is 194 Å². The van der Waals surface area contributed by atoms with Crippen molar-refractivity contribution in [3.63, 3.8) is 0 Å². The third-order valence-electron chi connectivity index (χ3n) is 11.4. The number of aliphatic hydroxyl groups excluding tert-OH is 7. The van der Waals surface area contributed by atoms with Gasteiger partial charge in [0.2, 0.25) is 5.91 Å². The van der Waals surface area contributed by atoms with Gasteiger partial charge in [0.05, 0.1) is 25.4 Å². The van der Waals surface area contributed by atoms with Crippen LogP contribution in [0.3, 0.4) is 0 Å². The molecule has 0 aromatic carbocycles. The Hall–Kier alpha value is -1.67. The lowest BCUT2D eigenvalue weighted by Gasteiger charge is -2.40. The number of hydrogen-bond donors (Lipinski definition) is 8. The Labute approximate surface area is 358 Å². The van der Waals surface area contributed by atoms with Crippen molar-refractivity contribution in [2.75, 3.05) is 13.2 Å². The minimum absolute atomic E-state index is 0.244. The molecule has 346 valence electrons. The number of hydrogen-bond acceptors (Lipinski definition) is 10. The molecule has 1 aliphatic heterocycles. The average Bonchev–Trinajstić information content (AvgIpc) is 3.23. The highest BCUT2D eigenvalue weighted by molar-refractivity contribution is 5.80. The van der Waals surface area contributed by atoms with Crippen molar-refractivity contribution < 1.29 is 50.0 Å². The quantitative estimate of drug-likeness (QED) is 0.0223. The Morgan fingerprint density at radius 3 is 1.54 bits per heavy atom. The lowest BCUT2D eigenvalue weighted by molar-refractivity contribution is -0.303. The Morgan fingerprint density at radius 2 is 1.02 bits per heavy atom. The summed E-state index contributed by atoms with van der Waals surface area (Å²) in [6.45, 7) is 3.38. The lowest BCUT2D eigenvalue weighted by Crippen LogP contribution is -2.60. The molecule has 9 unspecified atom stereocenters. The molecule has 0 radical (unpaired) electrons. The van der Waals surface area contributed by atoms with Crippen LogP contribution in [0.15, 0.2) is 36.5 Å². The number of rotatable bonds is 39. The van der Waals surface area contributed by atoms with Gasteiger partial charge >= 0.3 is 0 Å². The third kappa shape index (κ3) is 27.8. The van der Waals surface area contributed by atoms with Gasteiger partial charge in [-0.3, -0.25) is 4.79 Å². The molecule has 0 aromatic heterocycles. The van der Waals surface area contributed by atoms with Crippen LogP contribution in [0.4, 0.5) is 0 Å². The zero-order valence-corrected chi connectivity index (χ0v) is 37.2. The SMILES string of the molecule is CCCCC/C=C/CC/C=C/CCCC(O)C(O)C(COC1OC(CO)C(O)C(O)C1O)NC(=O)C(O)CCCCCCCC/C=C\CCCCCCCCCCCC. The van der Waals surface area contributed by atoms with Crippen molar-refractivity contribution in [1.82, 2.24) is 5.32 Å². The molecule has 1 aliphatic rings. The zero-order chi connectivity index (χ0) is 43.4. The van der Waals surface area contributed by atoms with Gasteiger partial charge in [0.15, 0.2) is 6.29 Å². The van der Waals surface area contributed by atoms with Crippen molar-refractivity contribution in [3.8, 4) is 0 Å². The normalized spacial score (nSPS) is 22.1. The Balaban J connectivity index is 2.43. The van der Waals surface area contributed by atoms with E-state index in [1.54, 1.807) is 0 Å². The highest BCUT2D eigenvalue weighted by Crippen LogP contribution is 2.23. The van der Waals surface area contributed by atoms with E-state index >= 15 is 0 Å². The van der Waals surface area contributed by atoms with Gasteiger partial charge in [-0.2, -0.15) is 0 Å². The molecule has 11 heteroatoms. The predicted molar refractivity (Wildman–Crippen MR) is 238 cm³/mol. The van der Waals surface area contributed by atoms with Gasteiger partial charge in [0, 0.05) is 0 Å². The second-order valence-electron chi connectivity index (χ2n) is 16.8. The summed E-state index contributed by atoms with van der Waals surface area (Å²) in [6.07, 6.45) is 32.0. The first kappa shape index (κ1) is 55.3. The fourth-order valence-electron chi connectivity index (χ4n) is 7.39. The number of carbonyl (C=O) groups excluding carboxylic acids is 1. The van der Waals surface area contributed by atoms with E-state index in [1.165, 1.54) is 89.9 Å². The number of ether oxygens (including phenoxy) is 2. The Morgan fingerprint density at radius 1 is 0.576 bits per heavy atom. The summed E-state index contributed by atoms with van der Waals surface area (Å²) in [5.74, 6) is -0.717. The lowest BCUT2D eigenvalue weighted by atomic mass is 9.98. The number of nitrogens with one attached hydrogen (secondary N) is 1. The highest BCUT2D eigenvalue weighted by Gasteiger charge is 2.44. The maximum Gasteiger partial charge on any atom is 0.249 e. The predicted octanol–water partition coefficient (Wildman–Crippen LogP) is 8.00. The molecule has 1 amide bonds. The van der Waals surface area contributed by atoms with Crippen molar-refractivity contribution in [1.29, 1.82) is 0 Å².